The molecule has 0 atom stereocenters. The first-order valence-electron chi connectivity index (χ1n) is 3.29. The molecule has 1 heterocycles. The molecule has 12 heavy (non-hydrogen) atoms. The lowest BCUT2D eigenvalue weighted by atomic mass is 10.3. The van der Waals surface area contributed by atoms with Crippen LogP contribution in [0.15, 0.2) is 29.5 Å². The van der Waals surface area contributed by atoms with Crippen LogP contribution in [0, 0.1) is 11.5 Å². The molecule has 0 aromatic carbocycles. The largest absolute Gasteiger partial charge is 0.480 e. The molecule has 0 N–H and O–H groups in total. The van der Waals surface area contributed by atoms with E-state index in [1.54, 1.807) is 30.7 Å². The second kappa shape index (κ2) is 4.09. The van der Waals surface area contributed by atoms with Gasteiger partial charge in [0.2, 0.25) is 12.1 Å². The zero-order chi connectivity index (χ0) is 8.81. The first-order chi connectivity index (χ1) is 5.88. The van der Waals surface area contributed by atoms with Crippen molar-refractivity contribution in [1.29, 1.82) is 5.26 Å². The smallest absolute Gasteiger partial charge is 0.232 e. The van der Waals surface area contributed by atoms with Crippen molar-refractivity contribution in [2.24, 2.45) is 4.99 Å². The quantitative estimate of drug-likeness (QED) is 0.350. The maximum atomic E-state index is 8.29. The Morgan fingerprint density at radius 1 is 1.75 bits per heavy atom. The predicted molar refractivity (Wildman–Crippen MR) is 43.4 cm³/mol. The SMILES string of the molecule is COC(=NC#N)c1cccnc1. The molecule has 1 aromatic rings. The molecular weight excluding hydrogens is 154 g/mol. The number of methoxy groups -OCH3 is 1. The van der Waals surface area contributed by atoms with Gasteiger partial charge in [0, 0.05) is 12.4 Å². The summed E-state index contributed by atoms with van der Waals surface area (Å²) in [5, 5.41) is 8.29. The molecule has 60 valence electrons. The van der Waals surface area contributed by atoms with Crippen LogP contribution in [-0.4, -0.2) is 18.0 Å². The van der Waals surface area contributed by atoms with Gasteiger partial charge in [0.15, 0.2) is 0 Å². The van der Waals surface area contributed by atoms with E-state index in [-0.39, 0.29) is 5.90 Å². The molecule has 1 rings (SSSR count). The van der Waals surface area contributed by atoms with Gasteiger partial charge < -0.3 is 4.74 Å². The molecule has 0 fully saturated rings. The van der Waals surface area contributed by atoms with Crippen molar-refractivity contribution < 1.29 is 4.74 Å². The van der Waals surface area contributed by atoms with Crippen molar-refractivity contribution in [1.82, 2.24) is 4.98 Å². The molecule has 0 radical (unpaired) electrons. The summed E-state index contributed by atoms with van der Waals surface area (Å²) < 4.78 is 4.86. The Morgan fingerprint density at radius 3 is 3.08 bits per heavy atom. The fraction of sp³-hybridized carbons (Fsp3) is 0.125. The number of nitrogens with zero attached hydrogens (tertiary/aromatic N) is 3. The van der Waals surface area contributed by atoms with Gasteiger partial charge in [-0.05, 0) is 12.1 Å². The van der Waals surface area contributed by atoms with Crippen LogP contribution in [0.4, 0.5) is 0 Å². The van der Waals surface area contributed by atoms with Gasteiger partial charge in [-0.2, -0.15) is 5.26 Å². The third-order valence-electron chi connectivity index (χ3n) is 1.25. The molecule has 0 saturated carbocycles. The van der Waals surface area contributed by atoms with Crippen molar-refractivity contribution in [3.8, 4) is 6.19 Å². The summed E-state index contributed by atoms with van der Waals surface area (Å²) in [7, 11) is 1.46. The fourth-order valence-corrected chi connectivity index (χ4v) is 0.763. The molecule has 0 spiro atoms. The number of hydrogen-bond acceptors (Lipinski definition) is 4. The zero-order valence-electron chi connectivity index (χ0n) is 6.56. The van der Waals surface area contributed by atoms with Crippen LogP contribution in [0.1, 0.15) is 5.56 Å². The van der Waals surface area contributed by atoms with E-state index in [0.29, 0.717) is 5.56 Å². The Kier molecular flexibility index (Phi) is 2.79. The van der Waals surface area contributed by atoms with E-state index in [0.717, 1.165) is 0 Å². The van der Waals surface area contributed by atoms with Crippen molar-refractivity contribution >= 4 is 5.90 Å². The highest BCUT2D eigenvalue weighted by Gasteiger charge is 2.00. The number of hydrogen-bond donors (Lipinski definition) is 0. The Morgan fingerprint density at radius 2 is 2.58 bits per heavy atom. The molecule has 0 amide bonds. The number of rotatable bonds is 1. The van der Waals surface area contributed by atoms with Crippen LogP contribution in [0.5, 0.6) is 0 Å². The van der Waals surface area contributed by atoms with E-state index in [2.05, 4.69) is 9.98 Å². The van der Waals surface area contributed by atoms with Gasteiger partial charge in [-0.15, -0.1) is 4.99 Å². The van der Waals surface area contributed by atoms with Crippen molar-refractivity contribution in [3.63, 3.8) is 0 Å². The van der Waals surface area contributed by atoms with Gasteiger partial charge in [0.1, 0.15) is 0 Å². The van der Waals surface area contributed by atoms with E-state index in [1.165, 1.54) is 7.11 Å². The summed E-state index contributed by atoms with van der Waals surface area (Å²) in [5.74, 6) is 0.283. The van der Waals surface area contributed by atoms with Crippen LogP contribution in [0.2, 0.25) is 0 Å². The molecule has 0 unspecified atom stereocenters. The summed E-state index contributed by atoms with van der Waals surface area (Å²) in [6.45, 7) is 0. The lowest BCUT2D eigenvalue weighted by Gasteiger charge is -1.99. The number of ether oxygens (including phenoxy) is 1. The molecular formula is C8H7N3O. The Labute approximate surface area is 70.1 Å². The van der Waals surface area contributed by atoms with Gasteiger partial charge in [-0.3, -0.25) is 4.98 Å². The summed E-state index contributed by atoms with van der Waals surface area (Å²) in [6.07, 6.45) is 4.88. The summed E-state index contributed by atoms with van der Waals surface area (Å²) in [5.41, 5.74) is 0.696. The Balaban J connectivity index is 2.98. The Hall–Kier alpha value is -1.89. The predicted octanol–water partition coefficient (Wildman–Crippen LogP) is 0.956. The summed E-state index contributed by atoms with van der Waals surface area (Å²) in [6, 6.07) is 3.52. The summed E-state index contributed by atoms with van der Waals surface area (Å²) in [4.78, 5) is 7.34. The average molecular weight is 161 g/mol. The fourth-order valence-electron chi connectivity index (χ4n) is 0.763. The normalized spacial score (nSPS) is 10.5. The molecule has 4 heteroatoms. The highest BCUT2D eigenvalue weighted by atomic mass is 16.5. The van der Waals surface area contributed by atoms with Gasteiger partial charge in [-0.1, -0.05) is 0 Å². The lowest BCUT2D eigenvalue weighted by molar-refractivity contribution is 0.405. The minimum absolute atomic E-state index is 0.283. The van der Waals surface area contributed by atoms with E-state index in [1.807, 2.05) is 0 Å². The molecule has 0 aliphatic rings. The van der Waals surface area contributed by atoms with Crippen molar-refractivity contribution in [2.45, 2.75) is 0 Å². The van der Waals surface area contributed by atoms with Crippen molar-refractivity contribution in [2.75, 3.05) is 7.11 Å². The minimum Gasteiger partial charge on any atom is -0.480 e. The maximum Gasteiger partial charge on any atom is 0.232 e. The van der Waals surface area contributed by atoms with Crippen LogP contribution in [-0.2, 0) is 4.74 Å². The Bertz CT molecular complexity index is 313. The average Bonchev–Trinajstić information content (AvgIpc) is 2.15. The highest BCUT2D eigenvalue weighted by Crippen LogP contribution is 1.98. The summed E-state index contributed by atoms with van der Waals surface area (Å²) >= 11 is 0. The third-order valence-corrected chi connectivity index (χ3v) is 1.25. The number of nitriles is 1. The van der Waals surface area contributed by atoms with Crippen LogP contribution < -0.4 is 0 Å². The third kappa shape index (κ3) is 1.80. The number of aromatic nitrogens is 1. The van der Waals surface area contributed by atoms with Gasteiger partial charge in [-0.25, -0.2) is 0 Å². The van der Waals surface area contributed by atoms with Gasteiger partial charge >= 0.3 is 0 Å². The second-order valence-electron chi connectivity index (χ2n) is 1.96. The first-order valence-corrected chi connectivity index (χ1v) is 3.29. The van der Waals surface area contributed by atoms with Crippen molar-refractivity contribution in [3.05, 3.63) is 30.1 Å². The number of aliphatic imine (C=N–C) groups is 1. The molecule has 0 aliphatic carbocycles. The number of pyridine rings is 1. The minimum atomic E-state index is 0.283. The monoisotopic (exact) mass is 161 g/mol. The van der Waals surface area contributed by atoms with Gasteiger partial charge in [0.25, 0.3) is 0 Å². The molecule has 0 saturated heterocycles. The zero-order valence-corrected chi connectivity index (χ0v) is 6.56. The topological polar surface area (TPSA) is 58.3 Å². The van der Waals surface area contributed by atoms with E-state index in [9.17, 15) is 0 Å². The first kappa shape index (κ1) is 8.21. The molecule has 0 aliphatic heterocycles. The van der Waals surface area contributed by atoms with E-state index < -0.39 is 0 Å². The van der Waals surface area contributed by atoms with Crippen LogP contribution >= 0.6 is 0 Å². The van der Waals surface area contributed by atoms with Crippen LogP contribution in [0.25, 0.3) is 0 Å². The lowest BCUT2D eigenvalue weighted by Crippen LogP contribution is -2.02. The van der Waals surface area contributed by atoms with E-state index >= 15 is 0 Å². The molecule has 4 nitrogen and oxygen atoms in total. The molecule has 1 aromatic heterocycles. The van der Waals surface area contributed by atoms with E-state index in [4.69, 9.17) is 10.00 Å². The second-order valence-corrected chi connectivity index (χ2v) is 1.96. The highest BCUT2D eigenvalue weighted by molar-refractivity contribution is 5.94. The van der Waals surface area contributed by atoms with Gasteiger partial charge in [0.05, 0.1) is 12.7 Å². The molecule has 0 bridgehead atoms. The van der Waals surface area contributed by atoms with Crippen LogP contribution in [0.3, 0.4) is 0 Å². The standard InChI is InChI=1S/C8H7N3O/c1-12-8(11-6-9)7-3-2-4-10-5-7/h2-5H,1H3. The maximum absolute atomic E-state index is 8.29.